The molecule has 0 aliphatic rings. The van der Waals surface area contributed by atoms with Gasteiger partial charge in [-0.3, -0.25) is 9.52 Å². The molecule has 0 spiro atoms. The minimum Gasteiger partial charge on any atom is -0.495 e. The van der Waals surface area contributed by atoms with Crippen molar-refractivity contribution in [2.75, 3.05) is 24.9 Å². The van der Waals surface area contributed by atoms with E-state index in [9.17, 15) is 13.2 Å². The summed E-state index contributed by atoms with van der Waals surface area (Å²) in [6, 6.07) is 11.5. The highest BCUT2D eigenvalue weighted by atomic mass is 32.2. The third-order valence-electron chi connectivity index (χ3n) is 4.13. The van der Waals surface area contributed by atoms with Crippen molar-refractivity contribution in [2.24, 2.45) is 0 Å². The molecule has 7 heteroatoms. The molecule has 0 aliphatic carbocycles. The summed E-state index contributed by atoms with van der Waals surface area (Å²) < 4.78 is 33.5. The third kappa shape index (κ3) is 4.16. The van der Waals surface area contributed by atoms with Crippen molar-refractivity contribution in [2.45, 2.75) is 25.7 Å². The Labute approximate surface area is 154 Å². The Balaban J connectivity index is 2.43. The van der Waals surface area contributed by atoms with Crippen LogP contribution in [0.25, 0.3) is 0 Å². The molecule has 1 amide bonds. The first-order chi connectivity index (χ1) is 12.3. The van der Waals surface area contributed by atoms with Gasteiger partial charge in [-0.05, 0) is 50.6 Å². The van der Waals surface area contributed by atoms with Crippen LogP contribution in [-0.4, -0.2) is 39.4 Å². The molecule has 0 unspecified atom stereocenters. The van der Waals surface area contributed by atoms with Gasteiger partial charge in [0, 0.05) is 18.7 Å². The number of rotatable bonds is 7. The van der Waals surface area contributed by atoms with Crippen molar-refractivity contribution in [3.63, 3.8) is 0 Å². The molecule has 2 aromatic carbocycles. The van der Waals surface area contributed by atoms with Crippen LogP contribution in [0.2, 0.25) is 0 Å². The predicted molar refractivity (Wildman–Crippen MR) is 102 cm³/mol. The Morgan fingerprint density at radius 1 is 1.12 bits per heavy atom. The van der Waals surface area contributed by atoms with Crippen LogP contribution in [0.3, 0.4) is 0 Å². The SMILES string of the molecule is CCN(CC)C(=O)c1ccc(C)c(S(=O)(=O)Nc2ccccc2OC)c1. The summed E-state index contributed by atoms with van der Waals surface area (Å²) in [6.45, 7) is 6.59. The number of methoxy groups -OCH3 is 1. The molecule has 0 fully saturated rings. The summed E-state index contributed by atoms with van der Waals surface area (Å²) >= 11 is 0. The fourth-order valence-corrected chi connectivity index (χ4v) is 3.99. The van der Waals surface area contributed by atoms with Crippen molar-refractivity contribution in [3.05, 3.63) is 53.6 Å². The molecular weight excluding hydrogens is 352 g/mol. The number of para-hydroxylation sites is 2. The molecular formula is C19H24N2O4S. The summed E-state index contributed by atoms with van der Waals surface area (Å²) in [5, 5.41) is 0. The first kappa shape index (κ1) is 19.8. The maximum atomic E-state index is 12.9. The average Bonchev–Trinajstić information content (AvgIpc) is 2.63. The number of carbonyl (C=O) groups is 1. The van der Waals surface area contributed by atoms with E-state index < -0.39 is 10.0 Å². The van der Waals surface area contributed by atoms with E-state index in [0.29, 0.717) is 35.7 Å². The van der Waals surface area contributed by atoms with E-state index in [1.54, 1.807) is 48.2 Å². The number of benzene rings is 2. The second-order valence-electron chi connectivity index (χ2n) is 5.76. The van der Waals surface area contributed by atoms with Gasteiger partial charge < -0.3 is 9.64 Å². The number of sulfonamides is 1. The molecule has 0 aliphatic heterocycles. The molecule has 0 heterocycles. The van der Waals surface area contributed by atoms with E-state index in [-0.39, 0.29) is 10.8 Å². The lowest BCUT2D eigenvalue weighted by atomic mass is 10.1. The maximum Gasteiger partial charge on any atom is 0.262 e. The molecule has 0 bridgehead atoms. The molecule has 2 aromatic rings. The standard InChI is InChI=1S/C19H24N2O4S/c1-5-21(6-2)19(22)15-12-11-14(3)18(13-15)26(23,24)20-16-9-7-8-10-17(16)25-4/h7-13,20H,5-6H2,1-4H3. The number of hydrogen-bond acceptors (Lipinski definition) is 4. The molecule has 1 N–H and O–H groups in total. The first-order valence-corrected chi connectivity index (χ1v) is 9.88. The number of amides is 1. The van der Waals surface area contributed by atoms with Crippen LogP contribution in [0.4, 0.5) is 5.69 Å². The number of aryl methyl sites for hydroxylation is 1. The maximum absolute atomic E-state index is 12.9. The second-order valence-corrected chi connectivity index (χ2v) is 7.41. The highest BCUT2D eigenvalue weighted by Gasteiger charge is 2.22. The second kappa shape index (κ2) is 8.23. The smallest absolute Gasteiger partial charge is 0.262 e. The normalized spacial score (nSPS) is 11.1. The molecule has 140 valence electrons. The Morgan fingerprint density at radius 3 is 2.38 bits per heavy atom. The zero-order chi connectivity index (χ0) is 19.3. The molecule has 26 heavy (non-hydrogen) atoms. The van der Waals surface area contributed by atoms with Crippen LogP contribution in [0.5, 0.6) is 5.75 Å². The van der Waals surface area contributed by atoms with Gasteiger partial charge in [-0.15, -0.1) is 0 Å². The Kier molecular flexibility index (Phi) is 6.26. The van der Waals surface area contributed by atoms with E-state index in [0.717, 1.165) is 0 Å². The van der Waals surface area contributed by atoms with Crippen LogP contribution >= 0.6 is 0 Å². The lowest BCUT2D eigenvalue weighted by Gasteiger charge is -2.19. The summed E-state index contributed by atoms with van der Waals surface area (Å²) in [5.41, 5.74) is 1.25. The van der Waals surface area contributed by atoms with Crippen LogP contribution in [0.15, 0.2) is 47.4 Å². The number of nitrogens with zero attached hydrogens (tertiary/aromatic N) is 1. The minimum absolute atomic E-state index is 0.0708. The molecule has 2 rings (SSSR count). The van der Waals surface area contributed by atoms with Gasteiger partial charge in [0.15, 0.2) is 0 Å². The predicted octanol–water partition coefficient (Wildman–Crippen LogP) is 3.29. The fraction of sp³-hybridized carbons (Fsp3) is 0.316. The van der Waals surface area contributed by atoms with Gasteiger partial charge in [0.1, 0.15) is 5.75 Å². The quantitative estimate of drug-likeness (QED) is 0.805. The largest absolute Gasteiger partial charge is 0.495 e. The number of ether oxygens (including phenoxy) is 1. The number of carbonyl (C=O) groups excluding carboxylic acids is 1. The molecule has 0 aromatic heterocycles. The van der Waals surface area contributed by atoms with Crippen LogP contribution < -0.4 is 9.46 Å². The van der Waals surface area contributed by atoms with Gasteiger partial charge >= 0.3 is 0 Å². The zero-order valence-corrected chi connectivity index (χ0v) is 16.3. The van der Waals surface area contributed by atoms with Gasteiger partial charge in [-0.1, -0.05) is 18.2 Å². The van der Waals surface area contributed by atoms with Gasteiger partial charge in [0.05, 0.1) is 17.7 Å². The van der Waals surface area contributed by atoms with Gasteiger partial charge in [-0.25, -0.2) is 8.42 Å². The van der Waals surface area contributed by atoms with E-state index in [1.165, 1.54) is 13.2 Å². The van der Waals surface area contributed by atoms with Crippen molar-refractivity contribution >= 4 is 21.6 Å². The highest BCUT2D eigenvalue weighted by Crippen LogP contribution is 2.27. The van der Waals surface area contributed by atoms with Crippen LogP contribution in [0.1, 0.15) is 29.8 Å². The van der Waals surface area contributed by atoms with Gasteiger partial charge in [-0.2, -0.15) is 0 Å². The third-order valence-corrected chi connectivity index (χ3v) is 5.63. The van der Waals surface area contributed by atoms with E-state index >= 15 is 0 Å². The summed E-state index contributed by atoms with van der Waals surface area (Å²) in [7, 11) is -2.40. The van der Waals surface area contributed by atoms with E-state index in [2.05, 4.69) is 4.72 Å². The number of anilines is 1. The molecule has 0 saturated carbocycles. The molecule has 0 saturated heterocycles. The van der Waals surface area contributed by atoms with Crippen molar-refractivity contribution in [1.82, 2.24) is 4.90 Å². The fourth-order valence-electron chi connectivity index (χ4n) is 2.64. The Hall–Kier alpha value is -2.54. The van der Waals surface area contributed by atoms with Crippen LogP contribution in [-0.2, 0) is 10.0 Å². The van der Waals surface area contributed by atoms with E-state index in [4.69, 9.17) is 4.74 Å². The first-order valence-electron chi connectivity index (χ1n) is 8.39. The Morgan fingerprint density at radius 2 is 1.77 bits per heavy atom. The van der Waals surface area contributed by atoms with E-state index in [1.807, 2.05) is 13.8 Å². The minimum atomic E-state index is -3.87. The molecule has 0 atom stereocenters. The van der Waals surface area contributed by atoms with Crippen molar-refractivity contribution in [3.8, 4) is 5.75 Å². The van der Waals surface area contributed by atoms with Gasteiger partial charge in [0.25, 0.3) is 15.9 Å². The summed E-state index contributed by atoms with van der Waals surface area (Å²) in [4.78, 5) is 14.3. The monoisotopic (exact) mass is 376 g/mol. The highest BCUT2D eigenvalue weighted by molar-refractivity contribution is 7.92. The van der Waals surface area contributed by atoms with Crippen LogP contribution in [0, 0.1) is 6.92 Å². The average molecular weight is 376 g/mol. The lowest BCUT2D eigenvalue weighted by molar-refractivity contribution is 0.0772. The zero-order valence-electron chi connectivity index (χ0n) is 15.4. The lowest BCUT2D eigenvalue weighted by Crippen LogP contribution is -2.30. The Bertz CT molecular complexity index is 890. The van der Waals surface area contributed by atoms with Crippen molar-refractivity contribution < 1.29 is 17.9 Å². The summed E-state index contributed by atoms with van der Waals surface area (Å²) in [6.07, 6.45) is 0. The van der Waals surface area contributed by atoms with Crippen molar-refractivity contribution in [1.29, 1.82) is 0 Å². The number of nitrogens with one attached hydrogen (secondary N) is 1. The number of hydrogen-bond donors (Lipinski definition) is 1. The molecule has 0 radical (unpaired) electrons. The topological polar surface area (TPSA) is 75.7 Å². The van der Waals surface area contributed by atoms with Gasteiger partial charge in [0.2, 0.25) is 0 Å². The summed E-state index contributed by atoms with van der Waals surface area (Å²) in [5.74, 6) is 0.229. The molecule has 6 nitrogen and oxygen atoms in total.